The van der Waals surface area contributed by atoms with E-state index < -0.39 is 0 Å². The third-order valence-corrected chi connectivity index (χ3v) is 2.74. The molecule has 2 aliphatic rings. The highest BCUT2D eigenvalue weighted by Crippen LogP contribution is 2.07. The highest BCUT2D eigenvalue weighted by atomic mass is 35.5. The molecule has 2 heterocycles. The summed E-state index contributed by atoms with van der Waals surface area (Å²) in [5.41, 5.74) is 0. The summed E-state index contributed by atoms with van der Waals surface area (Å²) in [6, 6.07) is 0.753. The third kappa shape index (κ3) is 4.32. The van der Waals surface area contributed by atoms with Gasteiger partial charge in [0.1, 0.15) is 0 Å². The predicted octanol–water partition coefficient (Wildman–Crippen LogP) is 0.914. The molecule has 0 amide bonds. The van der Waals surface area contributed by atoms with Crippen LogP contribution in [0.3, 0.4) is 0 Å². The molecular weight excluding hydrogens is 223 g/mol. The molecule has 0 radical (unpaired) electrons. The average Bonchev–Trinajstić information content (AvgIpc) is 2.59. The molecule has 0 aromatic rings. The maximum Gasteiger partial charge on any atom is 0.0594 e. The van der Waals surface area contributed by atoms with Crippen LogP contribution in [0.25, 0.3) is 0 Å². The molecule has 0 aromatic heterocycles. The molecule has 0 saturated carbocycles. The number of morpholine rings is 1. The van der Waals surface area contributed by atoms with Crippen molar-refractivity contribution in [3.63, 3.8) is 0 Å². The van der Waals surface area contributed by atoms with Gasteiger partial charge >= 0.3 is 0 Å². The van der Waals surface area contributed by atoms with E-state index in [1.165, 1.54) is 25.9 Å². The normalized spacial score (nSPS) is 27.9. The maximum absolute atomic E-state index is 5.30. The summed E-state index contributed by atoms with van der Waals surface area (Å²) in [5.74, 6) is 0. The molecule has 1 unspecified atom stereocenters. The first-order valence-corrected chi connectivity index (χ1v) is 4.98. The van der Waals surface area contributed by atoms with Gasteiger partial charge in [0.25, 0.3) is 0 Å². The van der Waals surface area contributed by atoms with E-state index >= 15 is 0 Å². The van der Waals surface area contributed by atoms with Crippen LogP contribution in [0.15, 0.2) is 0 Å². The first kappa shape index (κ1) is 14.5. The summed E-state index contributed by atoms with van der Waals surface area (Å²) >= 11 is 0. The van der Waals surface area contributed by atoms with Crippen molar-refractivity contribution >= 4 is 24.8 Å². The number of rotatable bonds is 2. The number of hydrogen-bond donors (Lipinski definition) is 1. The molecule has 5 heteroatoms. The second kappa shape index (κ2) is 7.71. The van der Waals surface area contributed by atoms with E-state index in [-0.39, 0.29) is 24.8 Å². The molecule has 86 valence electrons. The van der Waals surface area contributed by atoms with Crippen molar-refractivity contribution in [1.29, 1.82) is 0 Å². The SMILES string of the molecule is C1CNC(CN2CCOCC2)C1.Cl.Cl. The van der Waals surface area contributed by atoms with Crippen LogP contribution in [0.5, 0.6) is 0 Å². The molecule has 3 nitrogen and oxygen atoms in total. The van der Waals surface area contributed by atoms with Crippen LogP contribution in [0.1, 0.15) is 12.8 Å². The molecule has 1 N–H and O–H groups in total. The van der Waals surface area contributed by atoms with Gasteiger partial charge in [0, 0.05) is 25.7 Å². The van der Waals surface area contributed by atoms with E-state index in [0.29, 0.717) is 0 Å². The Kier molecular flexibility index (Phi) is 7.97. The first-order valence-electron chi connectivity index (χ1n) is 4.98. The van der Waals surface area contributed by atoms with E-state index in [4.69, 9.17) is 4.74 Å². The Hall–Kier alpha value is 0.460. The molecule has 14 heavy (non-hydrogen) atoms. The fraction of sp³-hybridized carbons (Fsp3) is 1.00. The molecule has 0 spiro atoms. The largest absolute Gasteiger partial charge is 0.379 e. The fourth-order valence-corrected chi connectivity index (χ4v) is 2.01. The smallest absolute Gasteiger partial charge is 0.0594 e. The summed E-state index contributed by atoms with van der Waals surface area (Å²) < 4.78 is 5.30. The lowest BCUT2D eigenvalue weighted by molar-refractivity contribution is 0.0344. The van der Waals surface area contributed by atoms with Crippen LogP contribution in [-0.2, 0) is 4.74 Å². The van der Waals surface area contributed by atoms with E-state index in [9.17, 15) is 0 Å². The van der Waals surface area contributed by atoms with Gasteiger partial charge in [-0.15, -0.1) is 24.8 Å². The van der Waals surface area contributed by atoms with Crippen LogP contribution in [0.2, 0.25) is 0 Å². The number of ether oxygens (including phenoxy) is 1. The standard InChI is InChI=1S/C9H18N2O.2ClH/c1-2-9(10-3-1)8-11-4-6-12-7-5-11;;/h9-10H,1-8H2;2*1H. The lowest BCUT2D eigenvalue weighted by Gasteiger charge is -2.28. The van der Waals surface area contributed by atoms with Gasteiger partial charge in [0.05, 0.1) is 13.2 Å². The minimum absolute atomic E-state index is 0. The monoisotopic (exact) mass is 242 g/mol. The molecule has 2 aliphatic heterocycles. The van der Waals surface area contributed by atoms with Crippen molar-refractivity contribution in [1.82, 2.24) is 10.2 Å². The van der Waals surface area contributed by atoms with Crippen molar-refractivity contribution in [2.24, 2.45) is 0 Å². The quantitative estimate of drug-likeness (QED) is 0.780. The van der Waals surface area contributed by atoms with Crippen LogP contribution in [0, 0.1) is 0 Å². The Morgan fingerprint density at radius 1 is 1.21 bits per heavy atom. The predicted molar refractivity (Wildman–Crippen MR) is 62.8 cm³/mol. The minimum atomic E-state index is 0. The first-order chi connectivity index (χ1) is 5.95. The Bertz CT molecular complexity index is 137. The number of hydrogen-bond acceptors (Lipinski definition) is 3. The minimum Gasteiger partial charge on any atom is -0.379 e. The molecular formula is C9H20Cl2N2O. The Labute approximate surface area is 98.4 Å². The van der Waals surface area contributed by atoms with Gasteiger partial charge in [0.15, 0.2) is 0 Å². The zero-order chi connectivity index (χ0) is 8.23. The lowest BCUT2D eigenvalue weighted by Crippen LogP contribution is -2.43. The van der Waals surface area contributed by atoms with Crippen molar-refractivity contribution in [3.8, 4) is 0 Å². The van der Waals surface area contributed by atoms with Crippen LogP contribution >= 0.6 is 24.8 Å². The maximum atomic E-state index is 5.30. The Morgan fingerprint density at radius 3 is 2.50 bits per heavy atom. The molecule has 0 aromatic carbocycles. The van der Waals surface area contributed by atoms with Crippen LogP contribution in [0.4, 0.5) is 0 Å². The molecule has 2 saturated heterocycles. The third-order valence-electron chi connectivity index (χ3n) is 2.74. The molecule has 2 rings (SSSR count). The van der Waals surface area contributed by atoms with Crippen molar-refractivity contribution in [3.05, 3.63) is 0 Å². The van der Waals surface area contributed by atoms with E-state index in [2.05, 4.69) is 10.2 Å². The highest BCUT2D eigenvalue weighted by molar-refractivity contribution is 5.85. The molecule has 2 fully saturated rings. The van der Waals surface area contributed by atoms with Gasteiger partial charge in [-0.1, -0.05) is 0 Å². The van der Waals surface area contributed by atoms with Gasteiger partial charge in [-0.3, -0.25) is 4.90 Å². The van der Waals surface area contributed by atoms with Gasteiger partial charge in [-0.2, -0.15) is 0 Å². The van der Waals surface area contributed by atoms with Crippen LogP contribution in [-0.4, -0.2) is 50.3 Å². The van der Waals surface area contributed by atoms with Crippen LogP contribution < -0.4 is 5.32 Å². The van der Waals surface area contributed by atoms with Gasteiger partial charge in [0.2, 0.25) is 0 Å². The molecule has 0 aliphatic carbocycles. The number of halogens is 2. The zero-order valence-electron chi connectivity index (χ0n) is 8.41. The molecule has 1 atom stereocenters. The van der Waals surface area contributed by atoms with E-state index in [1.54, 1.807) is 0 Å². The zero-order valence-corrected chi connectivity index (χ0v) is 10.0. The summed E-state index contributed by atoms with van der Waals surface area (Å²) in [6.45, 7) is 6.54. The number of nitrogens with zero attached hydrogens (tertiary/aromatic N) is 1. The van der Waals surface area contributed by atoms with Crippen molar-refractivity contribution in [2.75, 3.05) is 39.4 Å². The van der Waals surface area contributed by atoms with Gasteiger partial charge in [-0.05, 0) is 19.4 Å². The van der Waals surface area contributed by atoms with Crippen molar-refractivity contribution in [2.45, 2.75) is 18.9 Å². The van der Waals surface area contributed by atoms with Crippen molar-refractivity contribution < 1.29 is 4.74 Å². The summed E-state index contributed by atoms with van der Waals surface area (Å²) in [4.78, 5) is 2.51. The number of nitrogens with one attached hydrogen (secondary N) is 1. The van der Waals surface area contributed by atoms with Gasteiger partial charge < -0.3 is 10.1 Å². The summed E-state index contributed by atoms with van der Waals surface area (Å²) in [5, 5.41) is 3.52. The summed E-state index contributed by atoms with van der Waals surface area (Å²) in [7, 11) is 0. The Balaban J connectivity index is 0.000000845. The van der Waals surface area contributed by atoms with E-state index in [0.717, 1.165) is 32.3 Å². The van der Waals surface area contributed by atoms with E-state index in [1.807, 2.05) is 0 Å². The topological polar surface area (TPSA) is 24.5 Å². The fourth-order valence-electron chi connectivity index (χ4n) is 2.01. The highest BCUT2D eigenvalue weighted by Gasteiger charge is 2.18. The summed E-state index contributed by atoms with van der Waals surface area (Å²) in [6.07, 6.45) is 2.71. The van der Waals surface area contributed by atoms with Gasteiger partial charge in [-0.25, -0.2) is 0 Å². The lowest BCUT2D eigenvalue weighted by atomic mass is 10.2. The Morgan fingerprint density at radius 2 is 1.93 bits per heavy atom. The second-order valence-electron chi connectivity index (χ2n) is 3.71. The molecule has 0 bridgehead atoms. The second-order valence-corrected chi connectivity index (χ2v) is 3.71. The average molecular weight is 243 g/mol.